The Bertz CT molecular complexity index is 2320. The maximum Gasteiger partial charge on any atom is 0.318 e. The summed E-state index contributed by atoms with van der Waals surface area (Å²) in [5.74, 6) is -0.810. The number of sulfonamides is 1. The third kappa shape index (κ3) is 9.09. The number of carbonyl (C=O) groups excluding carboxylic acids is 4. The van der Waals surface area contributed by atoms with E-state index in [0.29, 0.717) is 67.9 Å². The van der Waals surface area contributed by atoms with E-state index in [9.17, 15) is 27.6 Å². The van der Waals surface area contributed by atoms with Crippen molar-refractivity contribution in [3.8, 4) is 22.2 Å². The van der Waals surface area contributed by atoms with Crippen molar-refractivity contribution in [3.05, 3.63) is 47.0 Å². The van der Waals surface area contributed by atoms with Crippen molar-refractivity contribution in [2.24, 2.45) is 5.92 Å². The number of hydrogen-bond acceptors (Lipinski definition) is 11. The molecule has 5 aliphatic rings. The molecule has 5 atom stereocenters. The van der Waals surface area contributed by atoms with E-state index in [0.717, 1.165) is 53.8 Å². The number of carbonyl (C=O) groups is 4. The highest BCUT2D eigenvalue weighted by Crippen LogP contribution is 2.46. The molecule has 17 heteroatoms. The second kappa shape index (κ2) is 17.5. The molecule has 3 aromatic rings. The van der Waals surface area contributed by atoms with Crippen LogP contribution in [0, 0.1) is 12.8 Å². The van der Waals surface area contributed by atoms with Gasteiger partial charge in [-0.1, -0.05) is 38.8 Å². The average molecular weight is 876 g/mol. The predicted molar refractivity (Wildman–Crippen MR) is 232 cm³/mol. The summed E-state index contributed by atoms with van der Waals surface area (Å²) in [6.07, 6.45) is 10.7. The highest BCUT2D eigenvalue weighted by atomic mass is 32.2. The molecule has 0 spiro atoms. The van der Waals surface area contributed by atoms with E-state index in [1.54, 1.807) is 12.0 Å². The maximum atomic E-state index is 14.9. The first-order chi connectivity index (χ1) is 29.3. The second-order valence-electron chi connectivity index (χ2n) is 17.6. The number of amides is 5. The molecule has 15 nitrogen and oxygen atoms in total. The summed E-state index contributed by atoms with van der Waals surface area (Å²) >= 11 is 1.49. The lowest BCUT2D eigenvalue weighted by molar-refractivity contribution is -0.141. The molecule has 0 radical (unpaired) electrons. The van der Waals surface area contributed by atoms with Crippen LogP contribution in [0.5, 0.6) is 11.5 Å². The normalized spacial score (nSPS) is 26.7. The number of rotatable bonds is 9. The molecule has 0 unspecified atom stereocenters. The number of ether oxygens (including phenoxy) is 2. The molecule has 2 aromatic heterocycles. The first kappa shape index (κ1) is 42.9. The van der Waals surface area contributed by atoms with E-state index < -0.39 is 62.6 Å². The molecule has 3 aliphatic heterocycles. The number of fused-ring (bicyclic) bond motifs is 3. The number of pyridine rings is 1. The lowest BCUT2D eigenvalue weighted by atomic mass is 10.0. The number of nitrogens with zero attached hydrogens (tertiary/aromatic N) is 4. The van der Waals surface area contributed by atoms with Crippen molar-refractivity contribution in [2.45, 2.75) is 133 Å². The van der Waals surface area contributed by atoms with Crippen molar-refractivity contribution < 1.29 is 37.1 Å². The number of nitrogens with one attached hydrogen (secondary N) is 3. The van der Waals surface area contributed by atoms with Crippen molar-refractivity contribution in [1.29, 1.82) is 0 Å². The Morgan fingerprint density at radius 2 is 1.79 bits per heavy atom. The van der Waals surface area contributed by atoms with Crippen LogP contribution in [0.1, 0.15) is 108 Å². The first-order valence-corrected chi connectivity index (χ1v) is 24.2. The summed E-state index contributed by atoms with van der Waals surface area (Å²) in [6.45, 7) is 7.34. The van der Waals surface area contributed by atoms with Crippen molar-refractivity contribution >= 4 is 56.0 Å². The summed E-state index contributed by atoms with van der Waals surface area (Å²) < 4.78 is 40.7. The van der Waals surface area contributed by atoms with Gasteiger partial charge >= 0.3 is 6.03 Å². The number of likely N-dealkylation sites (tertiary alicyclic amines) is 1. The van der Waals surface area contributed by atoms with Gasteiger partial charge in [0, 0.05) is 47.8 Å². The molecular formula is C44H57N7O8S2. The van der Waals surface area contributed by atoms with Crippen LogP contribution in [0.4, 0.5) is 4.79 Å². The number of thiazole rings is 1. The highest BCUT2D eigenvalue weighted by Gasteiger charge is 2.62. The Hall–Kier alpha value is -4.77. The van der Waals surface area contributed by atoms with Crippen LogP contribution in [0.15, 0.2) is 35.7 Å². The number of aryl methyl sites for hydroxylation is 1. The molecule has 2 saturated carbocycles. The van der Waals surface area contributed by atoms with Gasteiger partial charge in [-0.3, -0.25) is 19.1 Å². The smallest absolute Gasteiger partial charge is 0.318 e. The van der Waals surface area contributed by atoms with E-state index in [4.69, 9.17) is 19.4 Å². The van der Waals surface area contributed by atoms with Gasteiger partial charge in [0.05, 0.1) is 30.1 Å². The van der Waals surface area contributed by atoms with Gasteiger partial charge in [-0.2, -0.15) is 0 Å². The molecule has 1 aromatic carbocycles. The van der Waals surface area contributed by atoms with Crippen LogP contribution >= 0.6 is 11.3 Å². The summed E-state index contributed by atoms with van der Waals surface area (Å²) in [4.78, 5) is 70.2. The highest BCUT2D eigenvalue weighted by molar-refractivity contribution is 7.91. The van der Waals surface area contributed by atoms with Gasteiger partial charge in [0.1, 0.15) is 45.9 Å². The third-order valence-electron chi connectivity index (χ3n) is 12.8. The molecule has 2 saturated heterocycles. The van der Waals surface area contributed by atoms with E-state index in [1.807, 2.05) is 42.7 Å². The van der Waals surface area contributed by atoms with Gasteiger partial charge in [-0.25, -0.2) is 23.2 Å². The van der Waals surface area contributed by atoms with E-state index in [2.05, 4.69) is 29.2 Å². The standard InChI is InChI=1S/C44H57N7O8S2/c1-26(2)34-25-60-40(46-34)33-22-37(31-17-18-36(58-4)27(3)38(31)45-33)59-29-21-35-39(52)48-44(42(54)49-61(56,57)30-15-16-30)23-28(44)13-9-6-5-7-10-14-32(41(53)51(35)24-29)47-43(55)50-19-11-8-12-20-50/h9,13,17-18,22,25-26,28-30,32,35H,5-8,10-12,14-16,19-21,23-24H2,1-4H3,(H,47,55)(H,48,52)(H,49,54)/b13-9+/t28-,29-,32+,35+,44-/m1/s1. The maximum absolute atomic E-state index is 14.9. The molecular weight excluding hydrogens is 819 g/mol. The number of methoxy groups -OCH3 is 1. The third-order valence-corrected chi connectivity index (χ3v) is 15.5. The molecule has 5 heterocycles. The molecule has 8 rings (SSSR count). The van der Waals surface area contributed by atoms with E-state index >= 15 is 0 Å². The summed E-state index contributed by atoms with van der Waals surface area (Å²) in [7, 11) is -2.30. The summed E-state index contributed by atoms with van der Waals surface area (Å²) in [6, 6.07) is 3.29. The lowest BCUT2D eigenvalue weighted by Crippen LogP contribution is -2.59. The van der Waals surface area contributed by atoms with Crippen LogP contribution < -0.4 is 24.8 Å². The largest absolute Gasteiger partial charge is 0.496 e. The molecule has 4 fully saturated rings. The number of urea groups is 1. The molecule has 5 amide bonds. The topological polar surface area (TPSA) is 189 Å². The van der Waals surface area contributed by atoms with Crippen LogP contribution in [0.2, 0.25) is 0 Å². The Morgan fingerprint density at radius 1 is 1.02 bits per heavy atom. The monoisotopic (exact) mass is 875 g/mol. The first-order valence-electron chi connectivity index (χ1n) is 21.8. The van der Waals surface area contributed by atoms with Gasteiger partial charge < -0.3 is 29.9 Å². The summed E-state index contributed by atoms with van der Waals surface area (Å²) in [5.41, 5.74) is 1.54. The minimum Gasteiger partial charge on any atom is -0.496 e. The van der Waals surface area contributed by atoms with Crippen molar-refractivity contribution in [2.75, 3.05) is 26.7 Å². The number of aromatic nitrogens is 2. The van der Waals surface area contributed by atoms with E-state index in [-0.39, 0.29) is 31.3 Å². The summed E-state index contributed by atoms with van der Waals surface area (Å²) in [5, 5.41) is 8.82. The fourth-order valence-corrected chi connectivity index (χ4v) is 11.1. The molecule has 328 valence electrons. The Morgan fingerprint density at radius 3 is 2.51 bits per heavy atom. The van der Waals surface area contributed by atoms with Crippen LogP contribution in [0.3, 0.4) is 0 Å². The van der Waals surface area contributed by atoms with Gasteiger partial charge in [-0.05, 0) is 82.8 Å². The van der Waals surface area contributed by atoms with E-state index in [1.165, 1.54) is 16.2 Å². The zero-order valence-corrected chi connectivity index (χ0v) is 37.0. The zero-order valence-electron chi connectivity index (χ0n) is 35.4. The van der Waals surface area contributed by atoms with Crippen LogP contribution in [0.25, 0.3) is 21.6 Å². The minimum atomic E-state index is -3.90. The van der Waals surface area contributed by atoms with Gasteiger partial charge in [0.2, 0.25) is 21.8 Å². The fourth-order valence-electron chi connectivity index (χ4n) is 8.84. The van der Waals surface area contributed by atoms with Crippen LogP contribution in [-0.4, -0.2) is 108 Å². The van der Waals surface area contributed by atoms with Crippen molar-refractivity contribution in [3.63, 3.8) is 0 Å². The minimum absolute atomic E-state index is 0.0224. The Labute approximate surface area is 361 Å². The Balaban J connectivity index is 1.14. The zero-order chi connectivity index (χ0) is 43.1. The SMILES string of the molecule is COc1ccc2c(O[C@@H]3C[C@H]4C(=O)N[C@]5(C(=O)NS(=O)(=O)C6CC6)C[C@H]5/C=C/CCCCC[C@H](NC(=O)N5CCCCC5)C(=O)N4C3)cc(-c3nc(C(C)C)cs3)nc2c1C. The quantitative estimate of drug-likeness (QED) is 0.225. The van der Waals surface area contributed by atoms with Crippen molar-refractivity contribution in [1.82, 2.24) is 35.1 Å². The predicted octanol–water partition coefficient (Wildman–Crippen LogP) is 5.71. The fraction of sp³-hybridized carbons (Fsp3) is 0.591. The number of hydrogen-bond donors (Lipinski definition) is 3. The molecule has 3 N–H and O–H groups in total. The lowest BCUT2D eigenvalue weighted by Gasteiger charge is -2.32. The molecule has 0 bridgehead atoms. The van der Waals surface area contributed by atoms with Gasteiger partial charge in [0.15, 0.2) is 0 Å². The molecule has 61 heavy (non-hydrogen) atoms. The number of piperidine rings is 1. The van der Waals surface area contributed by atoms with Gasteiger partial charge in [-0.15, -0.1) is 11.3 Å². The van der Waals surface area contributed by atoms with Gasteiger partial charge in [0.25, 0.3) is 5.91 Å². The number of benzene rings is 1. The molecule has 2 aliphatic carbocycles. The second-order valence-corrected chi connectivity index (χ2v) is 20.4. The number of allylic oxidation sites excluding steroid dienone is 1. The van der Waals surface area contributed by atoms with Crippen LogP contribution in [-0.2, 0) is 24.4 Å². The average Bonchev–Trinajstić information content (AvgIpc) is 4.12. The Kier molecular flexibility index (Phi) is 12.3.